The quantitative estimate of drug-likeness (QED) is 0.420. The lowest BCUT2D eigenvalue weighted by Gasteiger charge is -2.04. The molecule has 0 aromatic heterocycles. The summed E-state index contributed by atoms with van der Waals surface area (Å²) in [5.74, 6) is 5.26. The lowest BCUT2D eigenvalue weighted by atomic mass is 10.0. The Balaban J connectivity index is 2.64. The molecule has 3 N–H and O–H groups in total. The van der Waals surface area contributed by atoms with Gasteiger partial charge in [0.1, 0.15) is 0 Å². The summed E-state index contributed by atoms with van der Waals surface area (Å²) in [5.41, 5.74) is 6.08. The second-order valence-electron chi connectivity index (χ2n) is 3.12. The zero-order chi connectivity index (χ0) is 9.68. The lowest BCUT2D eigenvalue weighted by molar-refractivity contribution is 1.01. The highest BCUT2D eigenvalue weighted by atomic mass is 15.2. The average molecular weight is 176 g/mol. The molecule has 0 saturated heterocycles. The van der Waals surface area contributed by atoms with Crippen LogP contribution in [0.15, 0.2) is 36.4 Å². The van der Waals surface area contributed by atoms with Gasteiger partial charge in [0.05, 0.1) is 0 Å². The summed E-state index contributed by atoms with van der Waals surface area (Å²) in [5, 5.41) is 0. The van der Waals surface area contributed by atoms with Gasteiger partial charge in [-0.3, -0.25) is 5.84 Å². The summed E-state index contributed by atoms with van der Waals surface area (Å²) in [7, 11) is 0. The maximum Gasteiger partial charge on any atom is 0.0485 e. The van der Waals surface area contributed by atoms with Crippen LogP contribution in [0.4, 0.5) is 5.69 Å². The Kier molecular flexibility index (Phi) is 3.53. The highest BCUT2D eigenvalue weighted by Crippen LogP contribution is 2.12. The van der Waals surface area contributed by atoms with Gasteiger partial charge in [0.15, 0.2) is 0 Å². The van der Waals surface area contributed by atoms with Crippen molar-refractivity contribution in [3.63, 3.8) is 0 Å². The normalized spacial score (nSPS) is 9.69. The molecule has 0 spiro atoms. The Morgan fingerprint density at radius 1 is 1.38 bits per heavy atom. The molecule has 0 heterocycles. The lowest BCUT2D eigenvalue weighted by Crippen LogP contribution is -2.06. The third-order valence-corrected chi connectivity index (χ3v) is 2.07. The van der Waals surface area contributed by atoms with Crippen molar-refractivity contribution in [3.05, 3.63) is 42.0 Å². The average Bonchev–Trinajstić information content (AvgIpc) is 2.19. The predicted octanol–water partition coefficient (Wildman–Crippen LogP) is 2.48. The fourth-order valence-electron chi connectivity index (χ4n) is 1.13. The van der Waals surface area contributed by atoms with Gasteiger partial charge in [-0.15, -0.1) is 0 Å². The van der Waals surface area contributed by atoms with E-state index in [4.69, 9.17) is 5.84 Å². The van der Waals surface area contributed by atoms with Gasteiger partial charge in [-0.2, -0.15) is 0 Å². The van der Waals surface area contributed by atoms with Crippen LogP contribution in [0.5, 0.6) is 0 Å². The summed E-state index contributed by atoms with van der Waals surface area (Å²) in [6.07, 6.45) is 2.00. The van der Waals surface area contributed by atoms with E-state index in [2.05, 4.69) is 31.1 Å². The third-order valence-electron chi connectivity index (χ3n) is 2.07. The second-order valence-corrected chi connectivity index (χ2v) is 3.12. The molecule has 1 aromatic carbocycles. The van der Waals surface area contributed by atoms with Crippen molar-refractivity contribution in [1.29, 1.82) is 0 Å². The highest BCUT2D eigenvalue weighted by Gasteiger charge is 1.95. The van der Waals surface area contributed by atoms with E-state index >= 15 is 0 Å². The van der Waals surface area contributed by atoms with Crippen molar-refractivity contribution in [3.8, 4) is 0 Å². The molecule has 1 aromatic rings. The van der Waals surface area contributed by atoms with E-state index in [-0.39, 0.29) is 0 Å². The zero-order valence-electron chi connectivity index (χ0n) is 8.01. The number of allylic oxidation sites excluding steroid dienone is 1. The molecule has 0 saturated carbocycles. The number of hydrogen-bond acceptors (Lipinski definition) is 2. The maximum absolute atomic E-state index is 5.26. The van der Waals surface area contributed by atoms with E-state index in [0.29, 0.717) is 0 Å². The first-order valence-electron chi connectivity index (χ1n) is 4.48. The van der Waals surface area contributed by atoms with E-state index < -0.39 is 0 Å². The van der Waals surface area contributed by atoms with Gasteiger partial charge in [-0.05, 0) is 30.5 Å². The molecule has 70 valence electrons. The van der Waals surface area contributed by atoms with E-state index in [9.17, 15) is 0 Å². The van der Waals surface area contributed by atoms with E-state index in [1.54, 1.807) is 0 Å². The van der Waals surface area contributed by atoms with Crippen molar-refractivity contribution < 1.29 is 0 Å². The van der Waals surface area contributed by atoms with Gasteiger partial charge in [0.25, 0.3) is 0 Å². The van der Waals surface area contributed by atoms with E-state index in [1.807, 2.05) is 12.1 Å². The van der Waals surface area contributed by atoms with Gasteiger partial charge in [-0.25, -0.2) is 0 Å². The van der Waals surface area contributed by atoms with Crippen LogP contribution in [0, 0.1) is 0 Å². The monoisotopic (exact) mass is 176 g/mol. The molecular formula is C11H16N2. The summed E-state index contributed by atoms with van der Waals surface area (Å²) in [6.45, 7) is 6.09. The molecule has 13 heavy (non-hydrogen) atoms. The molecule has 0 radical (unpaired) electrons. The molecule has 0 amide bonds. The number of anilines is 1. The minimum absolute atomic E-state index is 0.936. The van der Waals surface area contributed by atoms with Crippen LogP contribution in [-0.4, -0.2) is 0 Å². The minimum atomic E-state index is 0.936. The Bertz CT molecular complexity index is 275. The molecule has 0 aliphatic rings. The standard InChI is InChI=1S/C11H16N2/c1-3-9(2)8-10-4-6-11(13-12)7-5-10/h4-7,13H,2-3,8,12H2,1H3. The summed E-state index contributed by atoms with van der Waals surface area (Å²) >= 11 is 0. The fourth-order valence-corrected chi connectivity index (χ4v) is 1.13. The van der Waals surface area contributed by atoms with Crippen LogP contribution in [0.1, 0.15) is 18.9 Å². The Hall–Kier alpha value is -1.28. The van der Waals surface area contributed by atoms with Gasteiger partial charge in [0.2, 0.25) is 0 Å². The van der Waals surface area contributed by atoms with Crippen molar-refractivity contribution in [1.82, 2.24) is 0 Å². The van der Waals surface area contributed by atoms with E-state index in [0.717, 1.165) is 18.5 Å². The number of nitrogens with one attached hydrogen (secondary N) is 1. The fraction of sp³-hybridized carbons (Fsp3) is 0.273. The first kappa shape index (κ1) is 9.81. The smallest absolute Gasteiger partial charge is 0.0485 e. The number of hydrazine groups is 1. The highest BCUT2D eigenvalue weighted by molar-refractivity contribution is 5.43. The van der Waals surface area contributed by atoms with Crippen molar-refractivity contribution in [2.75, 3.05) is 5.43 Å². The molecule has 0 aliphatic heterocycles. The zero-order valence-corrected chi connectivity index (χ0v) is 8.01. The molecular weight excluding hydrogens is 160 g/mol. The van der Waals surface area contributed by atoms with Crippen molar-refractivity contribution >= 4 is 5.69 Å². The summed E-state index contributed by atoms with van der Waals surface area (Å²) in [4.78, 5) is 0. The van der Waals surface area contributed by atoms with Crippen LogP contribution in [0.2, 0.25) is 0 Å². The molecule has 0 atom stereocenters. The number of nitrogen functional groups attached to an aromatic ring is 1. The third kappa shape index (κ3) is 2.92. The summed E-state index contributed by atoms with van der Waals surface area (Å²) in [6, 6.07) is 8.07. The van der Waals surface area contributed by atoms with Crippen molar-refractivity contribution in [2.24, 2.45) is 5.84 Å². The second kappa shape index (κ2) is 4.67. The first-order chi connectivity index (χ1) is 6.26. The molecule has 0 aliphatic carbocycles. The molecule has 2 nitrogen and oxygen atoms in total. The van der Waals surface area contributed by atoms with Gasteiger partial charge in [0, 0.05) is 5.69 Å². The Labute approximate surface area is 79.4 Å². The SMILES string of the molecule is C=C(CC)Cc1ccc(NN)cc1. The summed E-state index contributed by atoms with van der Waals surface area (Å²) < 4.78 is 0. The van der Waals surface area contributed by atoms with Crippen LogP contribution >= 0.6 is 0 Å². The van der Waals surface area contributed by atoms with Crippen LogP contribution in [-0.2, 0) is 6.42 Å². The molecule has 1 rings (SSSR count). The number of nitrogens with two attached hydrogens (primary N) is 1. The van der Waals surface area contributed by atoms with Crippen LogP contribution in [0.3, 0.4) is 0 Å². The minimum Gasteiger partial charge on any atom is -0.324 e. The molecule has 0 fully saturated rings. The predicted molar refractivity (Wildman–Crippen MR) is 57.4 cm³/mol. The Morgan fingerprint density at radius 2 is 2.00 bits per heavy atom. The maximum atomic E-state index is 5.26. The number of benzene rings is 1. The molecule has 2 heteroatoms. The Morgan fingerprint density at radius 3 is 2.46 bits per heavy atom. The first-order valence-corrected chi connectivity index (χ1v) is 4.48. The van der Waals surface area contributed by atoms with Gasteiger partial charge < -0.3 is 5.43 Å². The topological polar surface area (TPSA) is 38.0 Å². The van der Waals surface area contributed by atoms with E-state index in [1.165, 1.54) is 11.1 Å². The van der Waals surface area contributed by atoms with Crippen LogP contribution < -0.4 is 11.3 Å². The van der Waals surface area contributed by atoms with Crippen molar-refractivity contribution in [2.45, 2.75) is 19.8 Å². The molecule has 0 bridgehead atoms. The largest absolute Gasteiger partial charge is 0.324 e. The van der Waals surface area contributed by atoms with Crippen LogP contribution in [0.25, 0.3) is 0 Å². The van der Waals surface area contributed by atoms with Gasteiger partial charge in [-0.1, -0.05) is 31.2 Å². The number of rotatable bonds is 4. The number of hydrogen-bond donors (Lipinski definition) is 2. The molecule has 0 unspecified atom stereocenters. The van der Waals surface area contributed by atoms with Gasteiger partial charge >= 0.3 is 0 Å².